The number of aryl methyl sites for hydroxylation is 3. The van der Waals surface area contributed by atoms with Crippen molar-refractivity contribution in [1.82, 2.24) is 5.43 Å². The van der Waals surface area contributed by atoms with Gasteiger partial charge in [-0.2, -0.15) is 5.10 Å². The first-order chi connectivity index (χ1) is 11.4. The van der Waals surface area contributed by atoms with Gasteiger partial charge in [0.1, 0.15) is 11.5 Å². The van der Waals surface area contributed by atoms with Crippen LogP contribution in [0.3, 0.4) is 0 Å². The third-order valence-electron chi connectivity index (χ3n) is 3.54. The number of carbonyl (C=O) groups is 1. The molecule has 0 saturated carbocycles. The average Bonchev–Trinajstić information content (AvgIpc) is 2.53. The molecule has 2 rings (SSSR count). The number of nitrogens with zero attached hydrogens (tertiary/aromatic N) is 1. The van der Waals surface area contributed by atoms with E-state index >= 15 is 0 Å². The van der Waals surface area contributed by atoms with Gasteiger partial charge >= 0.3 is 0 Å². The summed E-state index contributed by atoms with van der Waals surface area (Å²) in [6.07, 6.45) is 1.42. The molecule has 0 bridgehead atoms. The Morgan fingerprint density at radius 1 is 1.21 bits per heavy atom. The number of ether oxygens (including phenoxy) is 1. The van der Waals surface area contributed by atoms with Crippen LogP contribution in [0.2, 0.25) is 0 Å². The summed E-state index contributed by atoms with van der Waals surface area (Å²) >= 11 is 2.16. The van der Waals surface area contributed by atoms with Crippen LogP contribution >= 0.6 is 22.6 Å². The number of hydrogen-bond acceptors (Lipinski definition) is 4. The topological polar surface area (TPSA) is 70.9 Å². The highest BCUT2D eigenvalue weighted by molar-refractivity contribution is 14.1. The van der Waals surface area contributed by atoms with E-state index in [2.05, 4.69) is 33.1 Å². The molecular weight excluding hydrogens is 419 g/mol. The molecule has 0 atom stereocenters. The molecule has 0 aromatic heterocycles. The molecule has 0 saturated heterocycles. The Bertz CT molecular complexity index is 788. The minimum Gasteiger partial charge on any atom is -0.507 e. The van der Waals surface area contributed by atoms with Crippen LogP contribution in [-0.2, 0) is 4.79 Å². The normalized spacial score (nSPS) is 10.8. The van der Waals surface area contributed by atoms with Crippen molar-refractivity contribution in [2.75, 3.05) is 6.61 Å². The minimum atomic E-state index is -0.369. The van der Waals surface area contributed by atoms with E-state index in [-0.39, 0.29) is 18.3 Å². The number of rotatable bonds is 5. The molecule has 5 nitrogen and oxygen atoms in total. The molecule has 0 spiro atoms. The van der Waals surface area contributed by atoms with E-state index < -0.39 is 0 Å². The summed E-state index contributed by atoms with van der Waals surface area (Å²) in [5, 5.41) is 13.8. The van der Waals surface area contributed by atoms with Crippen LogP contribution in [0.15, 0.2) is 35.4 Å². The summed E-state index contributed by atoms with van der Waals surface area (Å²) in [5.41, 5.74) is 5.97. The summed E-state index contributed by atoms with van der Waals surface area (Å²) in [7, 11) is 0. The maximum atomic E-state index is 11.8. The Hall–Kier alpha value is -2.09. The number of amides is 1. The van der Waals surface area contributed by atoms with Gasteiger partial charge in [-0.1, -0.05) is 6.07 Å². The Kier molecular flexibility index (Phi) is 6.19. The van der Waals surface area contributed by atoms with Gasteiger partial charge in [-0.15, -0.1) is 0 Å². The quantitative estimate of drug-likeness (QED) is 0.427. The van der Waals surface area contributed by atoms with Crippen molar-refractivity contribution >= 4 is 34.7 Å². The highest BCUT2D eigenvalue weighted by Crippen LogP contribution is 2.23. The number of hydrogen-bond donors (Lipinski definition) is 2. The van der Waals surface area contributed by atoms with Crippen molar-refractivity contribution in [3.05, 3.63) is 56.2 Å². The maximum Gasteiger partial charge on any atom is 0.277 e. The van der Waals surface area contributed by atoms with Gasteiger partial charge in [0.25, 0.3) is 5.91 Å². The van der Waals surface area contributed by atoms with Crippen molar-refractivity contribution < 1.29 is 14.6 Å². The molecule has 2 aromatic rings. The number of hydrazone groups is 1. The van der Waals surface area contributed by atoms with E-state index in [1.165, 1.54) is 11.8 Å². The van der Waals surface area contributed by atoms with Crippen LogP contribution in [0.1, 0.15) is 22.3 Å². The molecular formula is C18H19IN2O3. The fourth-order valence-corrected chi connectivity index (χ4v) is 2.82. The number of carbonyl (C=O) groups excluding carboxylic acids is 1. The van der Waals surface area contributed by atoms with Gasteiger partial charge < -0.3 is 9.84 Å². The van der Waals surface area contributed by atoms with Gasteiger partial charge in [-0.25, -0.2) is 5.43 Å². The second-order valence-electron chi connectivity index (χ2n) is 5.49. The number of phenolic OH excluding ortho intramolecular Hbond substituents is 1. The van der Waals surface area contributed by atoms with Crippen molar-refractivity contribution in [1.29, 1.82) is 0 Å². The molecule has 0 unspecified atom stereocenters. The molecule has 2 N–H and O–H groups in total. The first kappa shape index (κ1) is 18.3. The molecule has 2 aromatic carbocycles. The molecule has 0 fully saturated rings. The zero-order chi connectivity index (χ0) is 17.7. The van der Waals surface area contributed by atoms with Crippen molar-refractivity contribution in [2.45, 2.75) is 20.8 Å². The third-order valence-corrected chi connectivity index (χ3v) is 4.16. The number of nitrogens with one attached hydrogen (secondary N) is 1. The van der Waals surface area contributed by atoms with E-state index in [0.717, 1.165) is 14.7 Å². The largest absolute Gasteiger partial charge is 0.507 e. The lowest BCUT2D eigenvalue weighted by Crippen LogP contribution is -2.24. The third kappa shape index (κ3) is 4.95. The highest BCUT2D eigenvalue weighted by Gasteiger charge is 2.05. The standard InChI is InChI=1S/C18H19IN2O3/c1-11-4-5-16(7-12(11)2)24-10-17(22)21-20-9-14-8-15(19)6-13(3)18(14)23/h4-9,23H,10H2,1-3H3,(H,21,22). The second-order valence-corrected chi connectivity index (χ2v) is 6.73. The lowest BCUT2D eigenvalue weighted by Gasteiger charge is -2.07. The lowest BCUT2D eigenvalue weighted by molar-refractivity contribution is -0.123. The van der Waals surface area contributed by atoms with Crippen LogP contribution in [0, 0.1) is 24.3 Å². The monoisotopic (exact) mass is 438 g/mol. The Morgan fingerprint density at radius 3 is 2.67 bits per heavy atom. The summed E-state index contributed by atoms with van der Waals surface area (Å²) in [6.45, 7) is 5.69. The van der Waals surface area contributed by atoms with Crippen LogP contribution < -0.4 is 10.2 Å². The Morgan fingerprint density at radius 2 is 1.96 bits per heavy atom. The fraction of sp³-hybridized carbons (Fsp3) is 0.222. The SMILES string of the molecule is Cc1ccc(OCC(=O)NN=Cc2cc(I)cc(C)c2O)cc1C. The van der Waals surface area contributed by atoms with Crippen molar-refractivity contribution in [2.24, 2.45) is 5.10 Å². The summed E-state index contributed by atoms with van der Waals surface area (Å²) in [5.74, 6) is 0.425. The van der Waals surface area contributed by atoms with Gasteiger partial charge in [0.2, 0.25) is 0 Å². The first-order valence-corrected chi connectivity index (χ1v) is 8.46. The van der Waals surface area contributed by atoms with E-state index in [9.17, 15) is 9.90 Å². The minimum absolute atomic E-state index is 0.128. The van der Waals surface area contributed by atoms with Crippen LogP contribution in [-0.4, -0.2) is 23.8 Å². The Labute approximate surface area is 154 Å². The maximum absolute atomic E-state index is 11.8. The zero-order valence-electron chi connectivity index (χ0n) is 13.8. The summed E-state index contributed by atoms with van der Waals surface area (Å²) in [4.78, 5) is 11.8. The predicted octanol–water partition coefficient (Wildman–Crippen LogP) is 3.45. The smallest absolute Gasteiger partial charge is 0.277 e. The number of benzene rings is 2. The number of aromatic hydroxyl groups is 1. The molecule has 0 radical (unpaired) electrons. The van der Waals surface area contributed by atoms with Crippen LogP contribution in [0.25, 0.3) is 0 Å². The molecule has 0 aliphatic carbocycles. The molecule has 24 heavy (non-hydrogen) atoms. The molecule has 6 heteroatoms. The van der Waals surface area contributed by atoms with E-state index in [1.54, 1.807) is 6.07 Å². The van der Waals surface area contributed by atoms with Gasteiger partial charge in [0, 0.05) is 9.13 Å². The van der Waals surface area contributed by atoms with Crippen molar-refractivity contribution in [3.63, 3.8) is 0 Å². The molecule has 1 amide bonds. The van der Waals surface area contributed by atoms with E-state index in [1.807, 2.05) is 45.0 Å². The van der Waals surface area contributed by atoms with Crippen LogP contribution in [0.5, 0.6) is 11.5 Å². The average molecular weight is 438 g/mol. The number of phenols is 1. The van der Waals surface area contributed by atoms with Gasteiger partial charge in [0.05, 0.1) is 6.21 Å². The van der Waals surface area contributed by atoms with E-state index in [4.69, 9.17) is 4.74 Å². The van der Waals surface area contributed by atoms with Crippen LogP contribution in [0.4, 0.5) is 0 Å². The van der Waals surface area contributed by atoms with E-state index in [0.29, 0.717) is 11.3 Å². The molecule has 126 valence electrons. The van der Waals surface area contributed by atoms with Gasteiger partial charge in [0.15, 0.2) is 6.61 Å². The highest BCUT2D eigenvalue weighted by atomic mass is 127. The summed E-state index contributed by atoms with van der Waals surface area (Å²) in [6, 6.07) is 9.31. The van der Waals surface area contributed by atoms with Crippen molar-refractivity contribution in [3.8, 4) is 11.5 Å². The first-order valence-electron chi connectivity index (χ1n) is 7.38. The lowest BCUT2D eigenvalue weighted by atomic mass is 10.1. The predicted molar refractivity (Wildman–Crippen MR) is 103 cm³/mol. The zero-order valence-corrected chi connectivity index (χ0v) is 15.9. The molecule has 0 aliphatic rings. The second kappa shape index (κ2) is 8.14. The molecule has 0 aliphatic heterocycles. The van der Waals surface area contributed by atoms with Gasteiger partial charge in [-0.05, 0) is 84.3 Å². The number of halogens is 1. The summed E-state index contributed by atoms with van der Waals surface area (Å²) < 4.78 is 6.41. The molecule has 0 heterocycles. The fourth-order valence-electron chi connectivity index (χ4n) is 2.02. The van der Waals surface area contributed by atoms with Gasteiger partial charge in [-0.3, -0.25) is 4.79 Å². The Balaban J connectivity index is 1.90.